The van der Waals surface area contributed by atoms with Gasteiger partial charge in [-0.15, -0.1) is 0 Å². The van der Waals surface area contributed by atoms with Crippen molar-refractivity contribution in [2.24, 2.45) is 0 Å². The molecule has 0 radical (unpaired) electrons. The van der Waals surface area contributed by atoms with Crippen molar-refractivity contribution in [3.8, 4) is 0 Å². The molecule has 1 heterocycles. The van der Waals surface area contributed by atoms with Crippen LogP contribution in [0.15, 0.2) is 0 Å². The summed E-state index contributed by atoms with van der Waals surface area (Å²) in [5, 5.41) is 20.6. The molecule has 0 aromatic carbocycles. The van der Waals surface area contributed by atoms with E-state index < -0.39 is 41.1 Å². The average Bonchev–Trinajstić information content (AvgIpc) is 2.41. The van der Waals surface area contributed by atoms with Crippen molar-refractivity contribution >= 4 is 17.5 Å². The fourth-order valence-electron chi connectivity index (χ4n) is 2.12. The Morgan fingerprint density at radius 3 is 1.83 bits per heavy atom. The van der Waals surface area contributed by atoms with Crippen molar-refractivity contribution < 1.29 is 34.1 Å². The summed E-state index contributed by atoms with van der Waals surface area (Å²) < 4.78 is 9.70. The zero-order chi connectivity index (χ0) is 14.3. The number of ketones is 2. The molecule has 7 nitrogen and oxygen atoms in total. The first-order valence-corrected chi connectivity index (χ1v) is 5.38. The summed E-state index contributed by atoms with van der Waals surface area (Å²) in [4.78, 5) is 34.0. The lowest BCUT2D eigenvalue weighted by atomic mass is 9.76. The van der Waals surface area contributed by atoms with Gasteiger partial charge < -0.3 is 19.7 Å². The number of ether oxygens (including phenoxy) is 2. The Morgan fingerprint density at radius 2 is 1.50 bits per heavy atom. The second kappa shape index (κ2) is 4.42. The van der Waals surface area contributed by atoms with Crippen molar-refractivity contribution in [3.63, 3.8) is 0 Å². The maximum atomic E-state index is 11.6. The minimum absolute atomic E-state index is 0.806. The van der Waals surface area contributed by atoms with Crippen LogP contribution in [-0.4, -0.2) is 51.3 Å². The van der Waals surface area contributed by atoms with Crippen molar-refractivity contribution in [2.45, 2.75) is 51.3 Å². The average molecular weight is 260 g/mol. The third-order valence-electron chi connectivity index (χ3n) is 3.18. The molecule has 0 aromatic rings. The molecule has 0 saturated carbocycles. The molecule has 1 aliphatic heterocycles. The van der Waals surface area contributed by atoms with Gasteiger partial charge in [-0.1, -0.05) is 0 Å². The second-order valence-corrected chi connectivity index (χ2v) is 4.36. The molecule has 1 fully saturated rings. The van der Waals surface area contributed by atoms with Crippen molar-refractivity contribution in [1.29, 1.82) is 0 Å². The number of carbonyl (C=O) groups excluding carboxylic acids is 3. The van der Waals surface area contributed by atoms with Gasteiger partial charge in [0.25, 0.3) is 0 Å². The number of aliphatic hydroxyl groups is 2. The summed E-state index contributed by atoms with van der Waals surface area (Å²) in [6, 6.07) is 0. The van der Waals surface area contributed by atoms with Crippen LogP contribution in [0.3, 0.4) is 0 Å². The highest BCUT2D eigenvalue weighted by Gasteiger charge is 2.71. The summed E-state index contributed by atoms with van der Waals surface area (Å²) in [5.74, 6) is -2.57. The van der Waals surface area contributed by atoms with E-state index in [1.807, 2.05) is 0 Å². The molecule has 0 aliphatic carbocycles. The monoisotopic (exact) mass is 260 g/mol. The van der Waals surface area contributed by atoms with Crippen molar-refractivity contribution in [2.75, 3.05) is 0 Å². The predicted molar refractivity (Wildman–Crippen MR) is 57.4 cm³/mol. The van der Waals surface area contributed by atoms with Gasteiger partial charge in [-0.3, -0.25) is 14.4 Å². The molecule has 0 bridgehead atoms. The highest BCUT2D eigenvalue weighted by molar-refractivity contribution is 5.99. The predicted octanol–water partition coefficient (Wildman–Crippen LogP) is -1.07. The Balaban J connectivity index is 3.33. The van der Waals surface area contributed by atoms with Gasteiger partial charge in [0, 0.05) is 6.92 Å². The van der Waals surface area contributed by atoms with Crippen LogP contribution in [0.4, 0.5) is 0 Å². The molecular formula is C11H16O7. The first kappa shape index (κ1) is 14.7. The number of hydrogen-bond donors (Lipinski definition) is 2. The molecule has 18 heavy (non-hydrogen) atoms. The molecule has 1 unspecified atom stereocenters. The second-order valence-electron chi connectivity index (χ2n) is 4.36. The molecule has 4 atom stereocenters. The van der Waals surface area contributed by atoms with E-state index in [9.17, 15) is 24.6 Å². The minimum Gasteiger partial charge on any atom is -0.432 e. The number of carbonyl (C=O) groups is 3. The Morgan fingerprint density at radius 1 is 1.06 bits per heavy atom. The molecule has 7 heteroatoms. The summed E-state index contributed by atoms with van der Waals surface area (Å²) in [6.45, 7) is 4.36. The standard InChI is InChI=1S/C11H16O7/c1-5(12)10(15)7(3)17-9(18-8(4)14)11(10,16)6(2)13/h7,9,15-16H,1-4H3/t7-,9?,10-,11+/m0/s1. The van der Waals surface area contributed by atoms with Gasteiger partial charge in [-0.05, 0) is 20.8 Å². The van der Waals surface area contributed by atoms with Gasteiger partial charge in [-0.2, -0.15) is 0 Å². The van der Waals surface area contributed by atoms with Crippen LogP contribution in [-0.2, 0) is 23.9 Å². The van der Waals surface area contributed by atoms with Gasteiger partial charge in [0.1, 0.15) is 0 Å². The zero-order valence-electron chi connectivity index (χ0n) is 10.6. The maximum absolute atomic E-state index is 11.6. The molecular weight excluding hydrogens is 244 g/mol. The largest absolute Gasteiger partial charge is 0.432 e. The lowest BCUT2D eigenvalue weighted by molar-refractivity contribution is -0.213. The van der Waals surface area contributed by atoms with Crippen molar-refractivity contribution in [1.82, 2.24) is 0 Å². The Kier molecular flexibility index (Phi) is 3.62. The normalized spacial score (nSPS) is 39.4. The molecule has 102 valence electrons. The summed E-state index contributed by atoms with van der Waals surface area (Å²) >= 11 is 0. The van der Waals surface area contributed by atoms with E-state index in [4.69, 9.17) is 4.74 Å². The van der Waals surface area contributed by atoms with Gasteiger partial charge in [0.2, 0.25) is 11.9 Å². The molecule has 1 aliphatic rings. The highest BCUT2D eigenvalue weighted by atomic mass is 16.7. The molecule has 0 spiro atoms. The SMILES string of the molecule is CC(=O)OC1O[C@@H](C)[C@@](O)(C(C)=O)[C@@]1(O)C(C)=O. The van der Waals surface area contributed by atoms with Crippen molar-refractivity contribution in [3.05, 3.63) is 0 Å². The van der Waals surface area contributed by atoms with E-state index in [0.29, 0.717) is 0 Å². The van der Waals surface area contributed by atoms with Crippen LogP contribution in [0, 0.1) is 0 Å². The summed E-state index contributed by atoms with van der Waals surface area (Å²) in [5.41, 5.74) is -5.05. The number of rotatable bonds is 3. The maximum Gasteiger partial charge on any atom is 0.305 e. The van der Waals surface area contributed by atoms with Crippen LogP contribution in [0.25, 0.3) is 0 Å². The van der Waals surface area contributed by atoms with E-state index in [2.05, 4.69) is 4.74 Å². The third kappa shape index (κ3) is 1.75. The number of Topliss-reactive ketones (excluding diaryl/α,β-unsaturated/α-hetero) is 2. The summed E-state index contributed by atoms with van der Waals surface area (Å²) in [7, 11) is 0. The molecule has 0 aromatic heterocycles. The lowest BCUT2D eigenvalue weighted by Crippen LogP contribution is -2.66. The van der Waals surface area contributed by atoms with Gasteiger partial charge in [0.05, 0.1) is 6.10 Å². The number of esters is 1. The zero-order valence-corrected chi connectivity index (χ0v) is 10.6. The molecule has 1 rings (SSSR count). The fourth-order valence-corrected chi connectivity index (χ4v) is 2.12. The number of hydrogen-bond acceptors (Lipinski definition) is 7. The van der Waals surface area contributed by atoms with Gasteiger partial charge >= 0.3 is 5.97 Å². The van der Waals surface area contributed by atoms with Crippen LogP contribution < -0.4 is 0 Å². The lowest BCUT2D eigenvalue weighted by Gasteiger charge is -2.35. The van der Waals surface area contributed by atoms with E-state index in [0.717, 1.165) is 20.8 Å². The highest BCUT2D eigenvalue weighted by Crippen LogP contribution is 2.41. The van der Waals surface area contributed by atoms with Crippen LogP contribution >= 0.6 is 0 Å². The minimum atomic E-state index is -2.61. The Labute approximate surface area is 104 Å². The Bertz CT molecular complexity index is 404. The van der Waals surface area contributed by atoms with Crippen LogP contribution in [0.5, 0.6) is 0 Å². The third-order valence-corrected chi connectivity index (χ3v) is 3.18. The Hall–Kier alpha value is -1.31. The molecule has 1 saturated heterocycles. The van der Waals surface area contributed by atoms with Gasteiger partial charge in [0.15, 0.2) is 17.2 Å². The van der Waals surface area contributed by atoms with E-state index in [-0.39, 0.29) is 0 Å². The summed E-state index contributed by atoms with van der Waals surface area (Å²) in [6.07, 6.45) is -2.90. The topological polar surface area (TPSA) is 110 Å². The van der Waals surface area contributed by atoms with E-state index in [1.165, 1.54) is 6.92 Å². The van der Waals surface area contributed by atoms with E-state index in [1.54, 1.807) is 0 Å². The quantitative estimate of drug-likeness (QED) is 0.622. The van der Waals surface area contributed by atoms with Crippen LogP contribution in [0.2, 0.25) is 0 Å². The van der Waals surface area contributed by atoms with Crippen LogP contribution in [0.1, 0.15) is 27.7 Å². The van der Waals surface area contributed by atoms with E-state index >= 15 is 0 Å². The smallest absolute Gasteiger partial charge is 0.305 e. The fraction of sp³-hybridized carbons (Fsp3) is 0.727. The van der Waals surface area contributed by atoms with Gasteiger partial charge in [-0.25, -0.2) is 0 Å². The first-order valence-electron chi connectivity index (χ1n) is 5.38. The molecule has 0 amide bonds. The molecule has 2 N–H and O–H groups in total. The first-order chi connectivity index (χ1) is 8.08.